The molecule has 0 fully saturated rings. The number of halogens is 1. The molecule has 0 unspecified atom stereocenters. The third kappa shape index (κ3) is 6.21. The third-order valence-electron chi connectivity index (χ3n) is 3.75. The molecule has 0 spiro atoms. The fourth-order valence-electron chi connectivity index (χ4n) is 2.23. The van der Waals surface area contributed by atoms with Gasteiger partial charge in [-0.15, -0.1) is 0 Å². The Balaban J connectivity index is 1.91. The van der Waals surface area contributed by atoms with Crippen LogP contribution in [-0.2, 0) is 4.74 Å². The van der Waals surface area contributed by atoms with Gasteiger partial charge in [-0.2, -0.15) is 0 Å². The topological polar surface area (TPSA) is 76.7 Å². The van der Waals surface area contributed by atoms with Gasteiger partial charge in [-0.25, -0.2) is 4.79 Å². The first-order valence-electron chi connectivity index (χ1n) is 8.67. The molecule has 0 saturated heterocycles. The van der Waals surface area contributed by atoms with E-state index in [4.69, 9.17) is 33.3 Å². The Morgan fingerprint density at radius 3 is 2.39 bits per heavy atom. The molecule has 0 saturated carbocycles. The van der Waals surface area contributed by atoms with Crippen LogP contribution < -0.4 is 15.4 Å². The molecule has 0 aliphatic rings. The van der Waals surface area contributed by atoms with E-state index in [2.05, 4.69) is 10.6 Å². The Labute approximate surface area is 174 Å². The fraction of sp³-hybridized carbons (Fsp3) is 0.250. The summed E-state index contributed by atoms with van der Waals surface area (Å²) in [4.78, 5) is 24.1. The second-order valence-corrected chi connectivity index (χ2v) is 6.64. The van der Waals surface area contributed by atoms with Crippen molar-refractivity contribution in [2.24, 2.45) is 0 Å². The summed E-state index contributed by atoms with van der Waals surface area (Å²) in [7, 11) is 1.50. The van der Waals surface area contributed by atoms with Crippen molar-refractivity contribution in [2.75, 3.05) is 19.0 Å². The summed E-state index contributed by atoms with van der Waals surface area (Å²) in [5.41, 5.74) is 1.42. The molecule has 0 atom stereocenters. The van der Waals surface area contributed by atoms with Gasteiger partial charge in [0.05, 0.1) is 24.3 Å². The zero-order valence-corrected chi connectivity index (χ0v) is 17.2. The van der Waals surface area contributed by atoms with Gasteiger partial charge < -0.3 is 14.8 Å². The maximum atomic E-state index is 12.3. The number of rotatable bonds is 7. The molecule has 1 amide bonds. The first-order valence-corrected chi connectivity index (χ1v) is 9.46. The van der Waals surface area contributed by atoms with Gasteiger partial charge in [-0.05, 0) is 61.1 Å². The Bertz CT molecular complexity index is 856. The third-order valence-corrected chi connectivity index (χ3v) is 4.25. The Morgan fingerprint density at radius 1 is 1.11 bits per heavy atom. The summed E-state index contributed by atoms with van der Waals surface area (Å²) in [6.07, 6.45) is 1.79. The molecule has 2 aromatic carbocycles. The number of carbonyl (C=O) groups excluding carboxylic acids is 2. The zero-order chi connectivity index (χ0) is 20.5. The van der Waals surface area contributed by atoms with E-state index in [1.54, 1.807) is 36.4 Å². The molecule has 8 heteroatoms. The van der Waals surface area contributed by atoms with E-state index in [9.17, 15) is 9.59 Å². The minimum atomic E-state index is -0.404. The molecule has 0 aromatic heterocycles. The first kappa shape index (κ1) is 21.7. The van der Waals surface area contributed by atoms with Crippen molar-refractivity contribution < 1.29 is 19.1 Å². The number of methoxy groups -OCH3 is 1. The number of esters is 1. The molecule has 2 rings (SSSR count). The van der Waals surface area contributed by atoms with Gasteiger partial charge in [-0.3, -0.25) is 10.1 Å². The van der Waals surface area contributed by atoms with Crippen LogP contribution in [0.1, 0.15) is 40.5 Å². The molecule has 28 heavy (non-hydrogen) atoms. The molecule has 2 aromatic rings. The van der Waals surface area contributed by atoms with Crippen LogP contribution in [0.15, 0.2) is 42.5 Å². The quantitative estimate of drug-likeness (QED) is 0.392. The molecule has 148 valence electrons. The molecule has 0 bridgehead atoms. The highest BCUT2D eigenvalue weighted by molar-refractivity contribution is 7.80. The summed E-state index contributed by atoms with van der Waals surface area (Å²) in [6.45, 7) is 2.43. The fourth-order valence-corrected chi connectivity index (χ4v) is 2.70. The monoisotopic (exact) mass is 420 g/mol. The lowest BCUT2D eigenvalue weighted by atomic mass is 10.2. The Hall–Kier alpha value is -2.64. The van der Waals surface area contributed by atoms with Crippen LogP contribution in [0.2, 0.25) is 5.02 Å². The van der Waals surface area contributed by atoms with E-state index < -0.39 is 5.91 Å². The molecule has 6 nitrogen and oxygen atoms in total. The van der Waals surface area contributed by atoms with Gasteiger partial charge in [0.15, 0.2) is 5.11 Å². The maximum Gasteiger partial charge on any atom is 0.338 e. The SMILES string of the molecule is CCCCOC(=O)c1ccc(NC(=S)NC(=O)c2ccc(OC)c(Cl)c2)cc1. The molecule has 0 aliphatic carbocycles. The van der Waals surface area contributed by atoms with Crippen molar-refractivity contribution in [1.29, 1.82) is 0 Å². The number of unbranched alkanes of at least 4 members (excludes halogenated alkanes) is 1. The average Bonchev–Trinajstić information content (AvgIpc) is 2.68. The average molecular weight is 421 g/mol. The molecule has 2 N–H and O–H groups in total. The second kappa shape index (κ2) is 10.6. The highest BCUT2D eigenvalue weighted by Crippen LogP contribution is 2.24. The molecular formula is C20H21ClN2O4S. The van der Waals surface area contributed by atoms with E-state index in [0.717, 1.165) is 12.8 Å². The van der Waals surface area contributed by atoms with Crippen molar-refractivity contribution in [1.82, 2.24) is 5.32 Å². The highest BCUT2D eigenvalue weighted by Gasteiger charge is 2.11. The Kier molecular flexibility index (Phi) is 8.22. The van der Waals surface area contributed by atoms with Gasteiger partial charge in [0.1, 0.15) is 5.75 Å². The number of hydrogen-bond acceptors (Lipinski definition) is 5. The zero-order valence-electron chi connectivity index (χ0n) is 15.6. The summed E-state index contributed by atoms with van der Waals surface area (Å²) < 4.78 is 10.2. The lowest BCUT2D eigenvalue weighted by Gasteiger charge is -2.11. The smallest absolute Gasteiger partial charge is 0.338 e. The second-order valence-electron chi connectivity index (χ2n) is 5.82. The summed E-state index contributed by atoms with van der Waals surface area (Å²) >= 11 is 11.2. The van der Waals surface area contributed by atoms with E-state index >= 15 is 0 Å². The van der Waals surface area contributed by atoms with Gasteiger partial charge >= 0.3 is 5.97 Å². The first-order chi connectivity index (χ1) is 13.4. The van der Waals surface area contributed by atoms with Crippen LogP contribution in [-0.4, -0.2) is 30.7 Å². The lowest BCUT2D eigenvalue weighted by molar-refractivity contribution is 0.0499. The maximum absolute atomic E-state index is 12.3. The largest absolute Gasteiger partial charge is 0.495 e. The predicted molar refractivity (Wildman–Crippen MR) is 113 cm³/mol. The number of ether oxygens (including phenoxy) is 2. The minimum Gasteiger partial charge on any atom is -0.495 e. The number of anilines is 1. The number of carbonyl (C=O) groups is 2. The summed E-state index contributed by atoms with van der Waals surface area (Å²) in [5.74, 6) is -0.294. The van der Waals surface area contributed by atoms with Crippen LogP contribution in [0, 0.1) is 0 Å². The normalized spacial score (nSPS) is 10.1. The summed E-state index contributed by atoms with van der Waals surface area (Å²) in [6, 6.07) is 11.3. The molecule has 0 heterocycles. The number of thiocarbonyl (C=S) groups is 1. The van der Waals surface area contributed by atoms with Gasteiger partial charge in [0.2, 0.25) is 0 Å². The van der Waals surface area contributed by atoms with Crippen LogP contribution in [0.3, 0.4) is 0 Å². The standard InChI is InChI=1S/C20H21ClN2O4S/c1-3-4-11-27-19(25)13-5-8-15(9-6-13)22-20(28)23-18(24)14-7-10-17(26-2)16(21)12-14/h5-10,12H,3-4,11H2,1-2H3,(H2,22,23,24,28). The van der Waals surface area contributed by atoms with Gasteiger partial charge in [-0.1, -0.05) is 24.9 Å². The number of benzene rings is 2. The number of nitrogens with one attached hydrogen (secondary N) is 2. The van der Waals surface area contributed by atoms with Crippen LogP contribution in [0.4, 0.5) is 5.69 Å². The molecule has 0 aliphatic heterocycles. The van der Waals surface area contributed by atoms with Crippen molar-refractivity contribution in [3.63, 3.8) is 0 Å². The van der Waals surface area contributed by atoms with Crippen molar-refractivity contribution in [3.8, 4) is 5.75 Å². The van der Waals surface area contributed by atoms with E-state index in [1.165, 1.54) is 13.2 Å². The van der Waals surface area contributed by atoms with Gasteiger partial charge in [0.25, 0.3) is 5.91 Å². The van der Waals surface area contributed by atoms with Crippen LogP contribution in [0.25, 0.3) is 0 Å². The highest BCUT2D eigenvalue weighted by atomic mass is 35.5. The summed E-state index contributed by atoms with van der Waals surface area (Å²) in [5, 5.41) is 5.91. The Morgan fingerprint density at radius 2 is 1.79 bits per heavy atom. The number of amides is 1. The van der Waals surface area contributed by atoms with E-state index in [0.29, 0.717) is 34.2 Å². The number of hydrogen-bond donors (Lipinski definition) is 2. The van der Waals surface area contributed by atoms with Crippen molar-refractivity contribution in [3.05, 3.63) is 58.6 Å². The van der Waals surface area contributed by atoms with Crippen LogP contribution in [0.5, 0.6) is 5.75 Å². The minimum absolute atomic E-state index is 0.121. The lowest BCUT2D eigenvalue weighted by Crippen LogP contribution is -2.34. The van der Waals surface area contributed by atoms with Gasteiger partial charge in [0, 0.05) is 11.3 Å². The molecular weight excluding hydrogens is 400 g/mol. The predicted octanol–water partition coefficient (Wildman–Crippen LogP) is 4.43. The van der Waals surface area contributed by atoms with Crippen molar-refractivity contribution in [2.45, 2.75) is 19.8 Å². The van der Waals surface area contributed by atoms with Crippen LogP contribution >= 0.6 is 23.8 Å². The van der Waals surface area contributed by atoms with Crippen molar-refractivity contribution >= 4 is 46.5 Å². The molecule has 0 radical (unpaired) electrons. The van der Waals surface area contributed by atoms with E-state index in [1.807, 2.05) is 6.92 Å². The van der Waals surface area contributed by atoms with E-state index in [-0.39, 0.29) is 11.1 Å².